The Hall–Kier alpha value is 0.310. The standard InChI is InChI=1S/C10H23NS/c1-6-7-10(11(4)5)8-12-9(2)3/h9-10H,6-8H2,1-5H3. The third-order valence-electron chi connectivity index (χ3n) is 1.97. The van der Waals surface area contributed by atoms with Crippen LogP contribution in [0.3, 0.4) is 0 Å². The molecule has 1 nitrogen and oxygen atoms in total. The predicted octanol–water partition coefficient (Wildman–Crippen LogP) is 2.86. The van der Waals surface area contributed by atoms with Gasteiger partial charge >= 0.3 is 0 Å². The predicted molar refractivity (Wildman–Crippen MR) is 60.0 cm³/mol. The molecule has 0 amide bonds. The fraction of sp³-hybridized carbons (Fsp3) is 1.00. The smallest absolute Gasteiger partial charge is 0.0180 e. The summed E-state index contributed by atoms with van der Waals surface area (Å²) in [7, 11) is 4.36. The van der Waals surface area contributed by atoms with Gasteiger partial charge in [0.05, 0.1) is 0 Å². The van der Waals surface area contributed by atoms with Crippen molar-refractivity contribution >= 4 is 11.8 Å². The maximum absolute atomic E-state index is 2.35. The summed E-state index contributed by atoms with van der Waals surface area (Å²) in [6.45, 7) is 6.79. The SMILES string of the molecule is CCCC(CSC(C)C)N(C)C. The molecule has 0 N–H and O–H groups in total. The average molecular weight is 189 g/mol. The van der Waals surface area contributed by atoms with Gasteiger partial charge in [-0.15, -0.1) is 0 Å². The summed E-state index contributed by atoms with van der Waals surface area (Å²) in [5.41, 5.74) is 0. The molecule has 0 rings (SSSR count). The van der Waals surface area contributed by atoms with E-state index in [4.69, 9.17) is 0 Å². The molecule has 0 aliphatic rings. The zero-order chi connectivity index (χ0) is 9.56. The number of nitrogens with zero attached hydrogens (tertiary/aromatic N) is 1. The van der Waals surface area contributed by atoms with E-state index in [1.807, 2.05) is 0 Å². The van der Waals surface area contributed by atoms with Crippen molar-refractivity contribution < 1.29 is 0 Å². The minimum absolute atomic E-state index is 0.766. The molecule has 0 spiro atoms. The van der Waals surface area contributed by atoms with Crippen molar-refractivity contribution in [2.75, 3.05) is 19.8 Å². The number of thioether (sulfide) groups is 1. The molecule has 12 heavy (non-hydrogen) atoms. The summed E-state index contributed by atoms with van der Waals surface area (Å²) >= 11 is 2.07. The van der Waals surface area contributed by atoms with E-state index in [2.05, 4.69) is 51.5 Å². The molecular weight excluding hydrogens is 166 g/mol. The van der Waals surface area contributed by atoms with E-state index in [0.717, 1.165) is 11.3 Å². The molecule has 1 atom stereocenters. The van der Waals surface area contributed by atoms with Gasteiger partial charge in [0, 0.05) is 11.8 Å². The van der Waals surface area contributed by atoms with E-state index < -0.39 is 0 Å². The van der Waals surface area contributed by atoms with Crippen molar-refractivity contribution in [1.82, 2.24) is 4.90 Å². The van der Waals surface area contributed by atoms with E-state index in [-0.39, 0.29) is 0 Å². The summed E-state index contributed by atoms with van der Waals surface area (Å²) in [5.74, 6) is 1.28. The second-order valence-electron chi connectivity index (χ2n) is 3.79. The van der Waals surface area contributed by atoms with Gasteiger partial charge in [0.1, 0.15) is 0 Å². The van der Waals surface area contributed by atoms with Gasteiger partial charge in [-0.05, 0) is 25.8 Å². The fourth-order valence-electron chi connectivity index (χ4n) is 1.13. The Morgan fingerprint density at radius 2 is 1.83 bits per heavy atom. The van der Waals surface area contributed by atoms with E-state index in [9.17, 15) is 0 Å². The number of hydrogen-bond acceptors (Lipinski definition) is 2. The van der Waals surface area contributed by atoms with Crippen molar-refractivity contribution in [3.05, 3.63) is 0 Å². The molecule has 0 aromatic heterocycles. The van der Waals surface area contributed by atoms with Gasteiger partial charge in [0.25, 0.3) is 0 Å². The molecule has 0 saturated heterocycles. The lowest BCUT2D eigenvalue weighted by Crippen LogP contribution is -2.30. The quantitative estimate of drug-likeness (QED) is 0.632. The van der Waals surface area contributed by atoms with Gasteiger partial charge in [-0.2, -0.15) is 11.8 Å². The molecule has 0 aromatic carbocycles. The van der Waals surface area contributed by atoms with E-state index >= 15 is 0 Å². The van der Waals surface area contributed by atoms with Gasteiger partial charge in [-0.25, -0.2) is 0 Å². The lowest BCUT2D eigenvalue weighted by atomic mass is 10.2. The Balaban J connectivity index is 3.63. The Labute approximate surface area is 81.9 Å². The van der Waals surface area contributed by atoms with E-state index in [1.54, 1.807) is 0 Å². The van der Waals surface area contributed by atoms with E-state index in [1.165, 1.54) is 18.6 Å². The summed E-state index contributed by atoms with van der Waals surface area (Å²) in [5, 5.41) is 0.768. The second kappa shape index (κ2) is 6.79. The summed E-state index contributed by atoms with van der Waals surface area (Å²) < 4.78 is 0. The average Bonchev–Trinajstić information content (AvgIpc) is 1.96. The Kier molecular flexibility index (Phi) is 6.96. The summed E-state index contributed by atoms with van der Waals surface area (Å²) in [6, 6.07) is 0.766. The highest BCUT2D eigenvalue weighted by atomic mass is 32.2. The molecule has 0 aliphatic carbocycles. The summed E-state index contributed by atoms with van der Waals surface area (Å²) in [4.78, 5) is 2.35. The molecule has 0 heterocycles. The maximum Gasteiger partial charge on any atom is 0.0180 e. The van der Waals surface area contributed by atoms with Crippen molar-refractivity contribution in [3.63, 3.8) is 0 Å². The van der Waals surface area contributed by atoms with Crippen molar-refractivity contribution in [3.8, 4) is 0 Å². The van der Waals surface area contributed by atoms with Crippen LogP contribution in [-0.4, -0.2) is 36.0 Å². The molecule has 0 fully saturated rings. The molecular formula is C10H23NS. The van der Waals surface area contributed by atoms with Crippen LogP contribution in [0.1, 0.15) is 33.6 Å². The maximum atomic E-state index is 2.35. The second-order valence-corrected chi connectivity index (χ2v) is 5.40. The van der Waals surface area contributed by atoms with Crippen LogP contribution in [0.25, 0.3) is 0 Å². The van der Waals surface area contributed by atoms with Gasteiger partial charge < -0.3 is 4.90 Å². The highest BCUT2D eigenvalue weighted by Crippen LogP contribution is 2.15. The largest absolute Gasteiger partial charge is 0.306 e. The van der Waals surface area contributed by atoms with Crippen LogP contribution >= 0.6 is 11.8 Å². The highest BCUT2D eigenvalue weighted by molar-refractivity contribution is 7.99. The molecule has 0 bridgehead atoms. The van der Waals surface area contributed by atoms with Crippen LogP contribution < -0.4 is 0 Å². The summed E-state index contributed by atoms with van der Waals surface area (Å²) in [6.07, 6.45) is 2.62. The molecule has 0 saturated carbocycles. The number of rotatable bonds is 6. The van der Waals surface area contributed by atoms with Crippen LogP contribution in [0.15, 0.2) is 0 Å². The zero-order valence-electron chi connectivity index (χ0n) is 9.13. The van der Waals surface area contributed by atoms with Crippen LogP contribution in [-0.2, 0) is 0 Å². The third kappa shape index (κ3) is 5.90. The minimum Gasteiger partial charge on any atom is -0.306 e. The first kappa shape index (κ1) is 12.3. The van der Waals surface area contributed by atoms with Crippen LogP contribution in [0.2, 0.25) is 0 Å². The van der Waals surface area contributed by atoms with Crippen molar-refractivity contribution in [2.45, 2.75) is 44.9 Å². The van der Waals surface area contributed by atoms with Crippen molar-refractivity contribution in [2.24, 2.45) is 0 Å². The lowest BCUT2D eigenvalue weighted by molar-refractivity contribution is 0.301. The third-order valence-corrected chi connectivity index (χ3v) is 3.22. The first-order valence-electron chi connectivity index (χ1n) is 4.86. The Morgan fingerprint density at radius 1 is 1.25 bits per heavy atom. The van der Waals surface area contributed by atoms with Gasteiger partial charge in [-0.3, -0.25) is 0 Å². The first-order valence-corrected chi connectivity index (χ1v) is 5.90. The highest BCUT2D eigenvalue weighted by Gasteiger charge is 2.10. The van der Waals surface area contributed by atoms with Gasteiger partial charge in [-0.1, -0.05) is 27.2 Å². The first-order chi connectivity index (χ1) is 5.57. The minimum atomic E-state index is 0.766. The normalized spacial score (nSPS) is 14.2. The number of hydrogen-bond donors (Lipinski definition) is 0. The lowest BCUT2D eigenvalue weighted by Gasteiger charge is -2.24. The van der Waals surface area contributed by atoms with E-state index in [0.29, 0.717) is 0 Å². The monoisotopic (exact) mass is 189 g/mol. The molecule has 0 aromatic rings. The van der Waals surface area contributed by atoms with Gasteiger partial charge in [0.15, 0.2) is 0 Å². The molecule has 0 radical (unpaired) electrons. The zero-order valence-corrected chi connectivity index (χ0v) is 9.95. The molecule has 1 unspecified atom stereocenters. The molecule has 0 aliphatic heterocycles. The molecule has 2 heteroatoms. The van der Waals surface area contributed by atoms with Crippen LogP contribution in [0, 0.1) is 0 Å². The van der Waals surface area contributed by atoms with Crippen molar-refractivity contribution in [1.29, 1.82) is 0 Å². The fourth-order valence-corrected chi connectivity index (χ4v) is 2.20. The molecule has 74 valence electrons. The van der Waals surface area contributed by atoms with Gasteiger partial charge in [0.2, 0.25) is 0 Å². The van der Waals surface area contributed by atoms with Crippen LogP contribution in [0.4, 0.5) is 0 Å². The van der Waals surface area contributed by atoms with Crippen LogP contribution in [0.5, 0.6) is 0 Å². The topological polar surface area (TPSA) is 3.24 Å². The Bertz CT molecular complexity index is 102. The Morgan fingerprint density at radius 3 is 2.17 bits per heavy atom.